The van der Waals surface area contributed by atoms with E-state index < -0.39 is 36.9 Å². The van der Waals surface area contributed by atoms with Crippen molar-refractivity contribution in [1.29, 1.82) is 0 Å². The van der Waals surface area contributed by atoms with Crippen LogP contribution in [0, 0.1) is 11.3 Å². The number of amides is 4. The second-order valence-electron chi connectivity index (χ2n) is 13.8. The van der Waals surface area contributed by atoms with Gasteiger partial charge in [-0.25, -0.2) is 28.3 Å². The Hall–Kier alpha value is -4.19. The van der Waals surface area contributed by atoms with Crippen molar-refractivity contribution in [3.05, 3.63) is 41.9 Å². The Balaban J connectivity index is 0.000000247. The molecule has 2 saturated carbocycles. The number of aromatic nitrogens is 3. The van der Waals surface area contributed by atoms with E-state index in [4.69, 9.17) is 4.74 Å². The average Bonchev–Trinajstić information content (AvgIpc) is 3.78. The van der Waals surface area contributed by atoms with Crippen molar-refractivity contribution in [1.82, 2.24) is 35.8 Å². The van der Waals surface area contributed by atoms with Gasteiger partial charge in [0.15, 0.2) is 13.2 Å². The van der Waals surface area contributed by atoms with Gasteiger partial charge in [-0.15, -0.1) is 0 Å². The first-order chi connectivity index (χ1) is 25.5. The average molecular weight is 782 g/mol. The summed E-state index contributed by atoms with van der Waals surface area (Å²) in [6.07, 6.45) is 1.97. The van der Waals surface area contributed by atoms with Crippen LogP contribution in [0.15, 0.2) is 30.6 Å². The zero-order valence-electron chi connectivity index (χ0n) is 30.0. The molecule has 3 heterocycles. The fourth-order valence-corrected chi connectivity index (χ4v) is 6.61. The molecular formula is C35H47F8N7O4. The van der Waals surface area contributed by atoms with Crippen molar-refractivity contribution in [2.24, 2.45) is 11.3 Å². The Bertz CT molecular complexity index is 1500. The van der Waals surface area contributed by atoms with Crippen molar-refractivity contribution in [3.63, 3.8) is 0 Å². The molecule has 0 spiro atoms. The molecule has 2 aromatic rings. The fourth-order valence-electron chi connectivity index (χ4n) is 6.61. The van der Waals surface area contributed by atoms with E-state index in [-0.39, 0.29) is 55.9 Å². The zero-order chi connectivity index (χ0) is 39.4. The number of carbonyl (C=O) groups excluding carboxylic acids is 2. The number of ether oxygens (including phenoxy) is 2. The maximum absolute atomic E-state index is 14.1. The molecule has 3 N–H and O–H groups in total. The van der Waals surface area contributed by atoms with Gasteiger partial charge in [-0.2, -0.15) is 31.3 Å². The smallest absolute Gasteiger partial charge is 0.422 e. The number of nitrogens with zero attached hydrogens (tertiary/aromatic N) is 4. The van der Waals surface area contributed by atoms with Crippen LogP contribution < -0.4 is 25.4 Å². The molecule has 1 atom stereocenters. The maximum Gasteiger partial charge on any atom is 0.422 e. The van der Waals surface area contributed by atoms with E-state index in [9.17, 15) is 44.7 Å². The number of likely N-dealkylation sites (tertiary alicyclic amines) is 1. The van der Waals surface area contributed by atoms with Gasteiger partial charge in [0.2, 0.25) is 5.88 Å². The first kappa shape index (κ1) is 42.6. The van der Waals surface area contributed by atoms with Crippen molar-refractivity contribution in [2.45, 2.75) is 108 Å². The highest BCUT2D eigenvalue weighted by Crippen LogP contribution is 2.60. The normalized spacial score (nSPS) is 18.6. The first-order valence-corrected chi connectivity index (χ1v) is 18.1. The monoisotopic (exact) mass is 781 g/mol. The predicted octanol–water partition coefficient (Wildman–Crippen LogP) is 7.88. The standard InChI is InChI=1S/C20H26F5N3O2.C15H21F3N4O2/c1-2-19(21,22)18(6-7-18)8-10-27-17(29)28-11-3-4-15(28)14-5-9-26-16(12-14)30-13-20(23,24)25;16-15(17,18)10-24-14-19-7-6-12(22-14)9-21-13(23)20-8-11-4-2-1-3-5-11/h5,9,12,15H,2-4,6-8,10-11,13H2,1H3,(H,27,29);6-7,11H,1-5,8-10H2,(H2,20,21,23). The summed E-state index contributed by atoms with van der Waals surface area (Å²) in [5.41, 5.74) is -0.00378. The van der Waals surface area contributed by atoms with E-state index in [1.807, 2.05) is 0 Å². The molecule has 19 heteroatoms. The molecule has 1 saturated heterocycles. The van der Waals surface area contributed by atoms with Gasteiger partial charge in [-0.3, -0.25) is 0 Å². The minimum atomic E-state index is -4.47. The number of urea groups is 2. The van der Waals surface area contributed by atoms with Crippen LogP contribution in [-0.4, -0.2) is 83.0 Å². The second kappa shape index (κ2) is 18.9. The Morgan fingerprint density at radius 2 is 1.56 bits per heavy atom. The Morgan fingerprint density at radius 1 is 0.870 bits per heavy atom. The van der Waals surface area contributed by atoms with Gasteiger partial charge in [-0.1, -0.05) is 26.2 Å². The molecule has 0 aromatic carbocycles. The number of rotatable bonds is 14. The van der Waals surface area contributed by atoms with Gasteiger partial charge >= 0.3 is 30.4 Å². The Morgan fingerprint density at radius 3 is 2.22 bits per heavy atom. The van der Waals surface area contributed by atoms with Crippen LogP contribution >= 0.6 is 0 Å². The number of hydrogen-bond donors (Lipinski definition) is 3. The molecule has 54 heavy (non-hydrogen) atoms. The highest BCUT2D eigenvalue weighted by Gasteiger charge is 2.59. The van der Waals surface area contributed by atoms with Crippen LogP contribution in [-0.2, 0) is 6.54 Å². The van der Waals surface area contributed by atoms with Crippen molar-refractivity contribution in [3.8, 4) is 11.9 Å². The molecule has 2 aliphatic carbocycles. The number of carbonyl (C=O) groups is 2. The highest BCUT2D eigenvalue weighted by molar-refractivity contribution is 5.75. The number of nitrogens with one attached hydrogen (secondary N) is 3. The van der Waals surface area contributed by atoms with E-state index in [0.29, 0.717) is 49.5 Å². The van der Waals surface area contributed by atoms with Crippen LogP contribution in [0.4, 0.5) is 44.7 Å². The van der Waals surface area contributed by atoms with E-state index in [1.54, 1.807) is 11.0 Å². The lowest BCUT2D eigenvalue weighted by atomic mass is 9.89. The van der Waals surface area contributed by atoms with Gasteiger partial charge in [0.25, 0.3) is 5.92 Å². The number of halogens is 8. The van der Waals surface area contributed by atoms with E-state index in [0.717, 1.165) is 19.3 Å². The summed E-state index contributed by atoms with van der Waals surface area (Å²) in [4.78, 5) is 37.2. The minimum absolute atomic E-state index is 0.0847. The fraction of sp³-hybridized carbons (Fsp3) is 0.686. The van der Waals surface area contributed by atoms with Crippen LogP contribution in [0.25, 0.3) is 0 Å². The summed E-state index contributed by atoms with van der Waals surface area (Å²) < 4.78 is 111. The van der Waals surface area contributed by atoms with E-state index >= 15 is 0 Å². The van der Waals surface area contributed by atoms with Crippen LogP contribution in [0.3, 0.4) is 0 Å². The lowest BCUT2D eigenvalue weighted by molar-refractivity contribution is -0.155. The molecule has 2 aromatic heterocycles. The largest absolute Gasteiger partial charge is 0.468 e. The predicted molar refractivity (Wildman–Crippen MR) is 180 cm³/mol. The molecule has 4 amide bonds. The summed E-state index contributed by atoms with van der Waals surface area (Å²) in [7, 11) is 0. The second-order valence-corrected chi connectivity index (χ2v) is 13.8. The summed E-state index contributed by atoms with van der Waals surface area (Å²) in [6, 6.07) is 3.17. The van der Waals surface area contributed by atoms with Crippen molar-refractivity contribution < 1.29 is 54.2 Å². The molecule has 302 valence electrons. The molecule has 11 nitrogen and oxygen atoms in total. The molecule has 5 rings (SSSR count). The SMILES string of the molecule is CCC(F)(F)C1(CCNC(=O)N2CCCC2c2ccnc(OCC(F)(F)F)c2)CC1.O=C(NCc1ccnc(OCC(F)(F)F)n1)NCC1CCCCC1. The number of pyridine rings is 1. The Kier molecular flexibility index (Phi) is 14.9. The molecule has 0 bridgehead atoms. The highest BCUT2D eigenvalue weighted by atomic mass is 19.4. The summed E-state index contributed by atoms with van der Waals surface area (Å²) >= 11 is 0. The maximum atomic E-state index is 14.1. The molecule has 1 unspecified atom stereocenters. The summed E-state index contributed by atoms with van der Waals surface area (Å²) in [5.74, 6) is -2.36. The van der Waals surface area contributed by atoms with E-state index in [1.165, 1.54) is 50.7 Å². The number of hydrogen-bond acceptors (Lipinski definition) is 7. The third-order valence-corrected chi connectivity index (χ3v) is 9.76. The lowest BCUT2D eigenvalue weighted by Crippen LogP contribution is -2.41. The topological polar surface area (TPSA) is 131 Å². The third-order valence-electron chi connectivity index (χ3n) is 9.76. The quantitative estimate of drug-likeness (QED) is 0.166. The molecule has 1 aliphatic heterocycles. The van der Waals surface area contributed by atoms with Crippen LogP contribution in [0.1, 0.15) is 94.9 Å². The number of alkyl halides is 8. The molecule has 3 aliphatic rings. The molecular weight excluding hydrogens is 734 g/mol. The van der Waals surface area contributed by atoms with Gasteiger partial charge < -0.3 is 30.3 Å². The van der Waals surface area contributed by atoms with Crippen molar-refractivity contribution in [2.75, 3.05) is 32.8 Å². The van der Waals surface area contributed by atoms with Crippen LogP contribution in [0.5, 0.6) is 11.9 Å². The molecule has 0 radical (unpaired) electrons. The minimum Gasteiger partial charge on any atom is -0.468 e. The first-order valence-electron chi connectivity index (χ1n) is 18.1. The van der Waals surface area contributed by atoms with Gasteiger partial charge in [0, 0.05) is 49.9 Å². The van der Waals surface area contributed by atoms with E-state index in [2.05, 4.69) is 35.6 Å². The van der Waals surface area contributed by atoms with Gasteiger partial charge in [0.05, 0.1) is 18.3 Å². The Labute approximate surface area is 308 Å². The van der Waals surface area contributed by atoms with Gasteiger partial charge in [0.1, 0.15) is 0 Å². The summed E-state index contributed by atoms with van der Waals surface area (Å²) in [6.45, 7) is -0.0676. The third kappa shape index (κ3) is 13.6. The lowest BCUT2D eigenvalue weighted by Gasteiger charge is -2.28. The summed E-state index contributed by atoms with van der Waals surface area (Å²) in [5, 5.41) is 8.16. The zero-order valence-corrected chi connectivity index (χ0v) is 30.0. The molecule has 3 fully saturated rings. The van der Waals surface area contributed by atoms with Gasteiger partial charge in [-0.05, 0) is 68.6 Å². The van der Waals surface area contributed by atoms with Crippen molar-refractivity contribution >= 4 is 12.1 Å². The van der Waals surface area contributed by atoms with Crippen LogP contribution in [0.2, 0.25) is 0 Å².